The maximum absolute atomic E-state index is 11.7. The van der Waals surface area contributed by atoms with Crippen molar-refractivity contribution in [2.24, 2.45) is 0 Å². The average molecular weight is 506 g/mol. The Bertz CT molecular complexity index is 1120. The van der Waals surface area contributed by atoms with Gasteiger partial charge in [0, 0.05) is 39.8 Å². The van der Waals surface area contributed by atoms with Gasteiger partial charge in [-0.3, -0.25) is 4.90 Å². The van der Waals surface area contributed by atoms with E-state index < -0.39 is 11.6 Å². The van der Waals surface area contributed by atoms with Crippen molar-refractivity contribution < 1.29 is 9.90 Å². The first-order chi connectivity index (χ1) is 15.6. The molecule has 3 aromatic rings. The minimum absolute atomic E-state index is 0.122. The van der Waals surface area contributed by atoms with Gasteiger partial charge in [0.2, 0.25) is 5.28 Å². The zero-order chi connectivity index (χ0) is 24.0. The van der Waals surface area contributed by atoms with Gasteiger partial charge in [-0.25, -0.2) is 9.78 Å². The van der Waals surface area contributed by atoms with Crippen LogP contribution in [0, 0.1) is 0 Å². The van der Waals surface area contributed by atoms with Crippen molar-refractivity contribution in [3.05, 3.63) is 65.0 Å². The largest absolute Gasteiger partial charge is 0.465 e. The van der Waals surface area contributed by atoms with Crippen LogP contribution in [0.5, 0.6) is 0 Å². The van der Waals surface area contributed by atoms with Crippen LogP contribution in [0.4, 0.5) is 27.7 Å². The summed E-state index contributed by atoms with van der Waals surface area (Å²) in [6.45, 7) is 6.32. The van der Waals surface area contributed by atoms with Gasteiger partial charge in [0.1, 0.15) is 5.02 Å². The van der Waals surface area contributed by atoms with Crippen molar-refractivity contribution in [3.63, 3.8) is 0 Å². The molecule has 0 saturated heterocycles. The predicted octanol–water partition coefficient (Wildman–Crippen LogP) is 7.01. The number of carbonyl (C=O) groups is 1. The number of nitrogens with zero attached hydrogens (tertiary/aromatic N) is 3. The van der Waals surface area contributed by atoms with Gasteiger partial charge in [0.25, 0.3) is 0 Å². The molecule has 0 saturated carbocycles. The standard InChI is InChI=1S/C23H25Cl2N5O2S/c1-23(2,3)30(22(31)32)17-8-4-6-15(12-17)26-10-11-33-18-9-5-7-16(13-18)28-20-19(24)14-27-21(25)29-20/h4-9,12-14,26H,10-11H2,1-3H3,(H,31,32)(H,27,28,29). The number of aromatic nitrogens is 2. The molecule has 7 nitrogen and oxygen atoms in total. The van der Waals surface area contributed by atoms with Gasteiger partial charge in [0.05, 0.1) is 6.20 Å². The maximum atomic E-state index is 11.7. The maximum Gasteiger partial charge on any atom is 0.412 e. The lowest BCUT2D eigenvalue weighted by Gasteiger charge is -2.33. The molecule has 1 amide bonds. The minimum atomic E-state index is -0.978. The highest BCUT2D eigenvalue weighted by Gasteiger charge is 2.27. The first-order valence-corrected chi connectivity index (χ1v) is 11.9. The fraction of sp³-hybridized carbons (Fsp3) is 0.261. The Morgan fingerprint density at radius 1 is 1.12 bits per heavy atom. The lowest BCUT2D eigenvalue weighted by atomic mass is 10.1. The summed E-state index contributed by atoms with van der Waals surface area (Å²) in [6, 6.07) is 15.3. The minimum Gasteiger partial charge on any atom is -0.465 e. The SMILES string of the molecule is CC(C)(C)N(C(=O)O)c1cccc(NCCSc2cccc(Nc3nc(Cl)ncc3Cl)c2)c1. The fourth-order valence-corrected chi connectivity index (χ4v) is 4.23. The first-order valence-electron chi connectivity index (χ1n) is 10.2. The van der Waals surface area contributed by atoms with Crippen molar-refractivity contribution in [2.45, 2.75) is 31.2 Å². The van der Waals surface area contributed by atoms with Gasteiger partial charge in [-0.05, 0) is 68.8 Å². The van der Waals surface area contributed by atoms with Crippen LogP contribution in [0.3, 0.4) is 0 Å². The summed E-state index contributed by atoms with van der Waals surface area (Å²) in [4.78, 5) is 22.1. The van der Waals surface area contributed by atoms with Crippen molar-refractivity contribution >= 4 is 63.9 Å². The molecule has 0 radical (unpaired) electrons. The number of benzene rings is 2. The van der Waals surface area contributed by atoms with Crippen LogP contribution in [-0.2, 0) is 0 Å². The van der Waals surface area contributed by atoms with Gasteiger partial charge in [-0.15, -0.1) is 11.8 Å². The number of anilines is 4. The van der Waals surface area contributed by atoms with Crippen molar-refractivity contribution in [3.8, 4) is 0 Å². The first kappa shape index (κ1) is 25.0. The molecule has 1 heterocycles. The number of thioether (sulfide) groups is 1. The lowest BCUT2D eigenvalue weighted by molar-refractivity contribution is 0.195. The molecule has 0 spiro atoms. The topological polar surface area (TPSA) is 90.4 Å². The van der Waals surface area contributed by atoms with E-state index in [4.69, 9.17) is 23.2 Å². The zero-order valence-electron chi connectivity index (χ0n) is 18.5. The van der Waals surface area contributed by atoms with Crippen LogP contribution in [0.1, 0.15) is 20.8 Å². The molecule has 1 aromatic heterocycles. The second-order valence-corrected chi connectivity index (χ2v) is 10.0. The summed E-state index contributed by atoms with van der Waals surface area (Å²) < 4.78 is 0. The van der Waals surface area contributed by atoms with E-state index in [1.165, 1.54) is 11.1 Å². The molecule has 2 aromatic carbocycles. The van der Waals surface area contributed by atoms with E-state index in [1.54, 1.807) is 17.8 Å². The summed E-state index contributed by atoms with van der Waals surface area (Å²) in [5, 5.41) is 16.6. The molecule has 0 aliphatic rings. The molecule has 0 aliphatic carbocycles. The second-order valence-electron chi connectivity index (χ2n) is 8.10. The van der Waals surface area contributed by atoms with Gasteiger partial charge in [0.15, 0.2) is 5.82 Å². The average Bonchev–Trinajstić information content (AvgIpc) is 2.73. The number of halogens is 2. The normalized spacial score (nSPS) is 11.2. The van der Waals surface area contributed by atoms with Crippen molar-refractivity contribution in [1.82, 2.24) is 9.97 Å². The quantitative estimate of drug-likeness (QED) is 0.172. The molecule has 0 unspecified atom stereocenters. The van der Waals surface area contributed by atoms with E-state index in [0.717, 1.165) is 22.0 Å². The fourth-order valence-electron chi connectivity index (χ4n) is 3.14. The predicted molar refractivity (Wildman–Crippen MR) is 138 cm³/mol. The Morgan fingerprint density at radius 3 is 2.58 bits per heavy atom. The van der Waals surface area contributed by atoms with Gasteiger partial charge in [-0.2, -0.15) is 4.98 Å². The summed E-state index contributed by atoms with van der Waals surface area (Å²) in [5.41, 5.74) is 1.80. The monoisotopic (exact) mass is 505 g/mol. The van der Waals surface area contributed by atoms with Crippen molar-refractivity contribution in [1.29, 1.82) is 0 Å². The Balaban J connectivity index is 1.57. The van der Waals surface area contributed by atoms with E-state index in [1.807, 2.05) is 63.2 Å². The molecule has 0 aliphatic heterocycles. The third kappa shape index (κ3) is 7.15. The molecule has 3 rings (SSSR count). The Hall–Kier alpha value is -2.68. The number of amides is 1. The number of nitrogens with one attached hydrogen (secondary N) is 2. The van der Waals surface area contributed by atoms with Crippen LogP contribution in [0.2, 0.25) is 10.3 Å². The molecule has 0 bridgehead atoms. The molecule has 33 heavy (non-hydrogen) atoms. The van der Waals surface area contributed by atoms with E-state index in [-0.39, 0.29) is 5.28 Å². The Morgan fingerprint density at radius 2 is 1.85 bits per heavy atom. The van der Waals surface area contributed by atoms with E-state index >= 15 is 0 Å². The third-order valence-corrected chi connectivity index (χ3v) is 5.93. The summed E-state index contributed by atoms with van der Waals surface area (Å²) in [7, 11) is 0. The highest BCUT2D eigenvalue weighted by atomic mass is 35.5. The molecule has 3 N–H and O–H groups in total. The highest BCUT2D eigenvalue weighted by molar-refractivity contribution is 7.99. The molecular weight excluding hydrogens is 481 g/mol. The molecule has 0 atom stereocenters. The second kappa shape index (κ2) is 11.0. The van der Waals surface area contributed by atoms with Crippen LogP contribution < -0.4 is 15.5 Å². The molecular formula is C23H25Cl2N5O2S. The van der Waals surface area contributed by atoms with Gasteiger partial charge in [-0.1, -0.05) is 23.7 Å². The van der Waals surface area contributed by atoms with E-state index in [2.05, 4.69) is 20.6 Å². The highest BCUT2D eigenvalue weighted by Crippen LogP contribution is 2.28. The number of rotatable bonds is 8. The van der Waals surface area contributed by atoms with Crippen molar-refractivity contribution in [2.75, 3.05) is 27.8 Å². The van der Waals surface area contributed by atoms with Crippen LogP contribution in [-0.4, -0.2) is 39.0 Å². The Kier molecular flexibility index (Phi) is 8.29. The molecule has 174 valence electrons. The van der Waals surface area contributed by atoms with E-state index in [0.29, 0.717) is 23.1 Å². The van der Waals surface area contributed by atoms with Crippen LogP contribution in [0.25, 0.3) is 0 Å². The third-order valence-electron chi connectivity index (χ3n) is 4.48. The molecule has 10 heteroatoms. The van der Waals surface area contributed by atoms with Crippen LogP contribution >= 0.6 is 35.0 Å². The molecule has 0 fully saturated rings. The number of hydrogen-bond acceptors (Lipinski definition) is 6. The number of hydrogen-bond donors (Lipinski definition) is 3. The Labute approximate surface area is 207 Å². The van der Waals surface area contributed by atoms with Crippen LogP contribution in [0.15, 0.2) is 59.6 Å². The smallest absolute Gasteiger partial charge is 0.412 e. The van der Waals surface area contributed by atoms with Gasteiger partial charge < -0.3 is 15.7 Å². The zero-order valence-corrected chi connectivity index (χ0v) is 20.8. The van der Waals surface area contributed by atoms with Gasteiger partial charge >= 0.3 is 6.09 Å². The summed E-state index contributed by atoms with van der Waals surface area (Å²) in [6.07, 6.45) is 0.476. The number of carboxylic acid groups (broad SMARTS) is 1. The summed E-state index contributed by atoms with van der Waals surface area (Å²) >= 11 is 13.7. The lowest BCUT2D eigenvalue weighted by Crippen LogP contribution is -2.45. The summed E-state index contributed by atoms with van der Waals surface area (Å²) in [5.74, 6) is 1.27. The van der Waals surface area contributed by atoms with E-state index in [9.17, 15) is 9.90 Å².